The van der Waals surface area contributed by atoms with Crippen molar-refractivity contribution in [1.82, 2.24) is 10.1 Å². The van der Waals surface area contributed by atoms with Crippen molar-refractivity contribution in [3.05, 3.63) is 53.7 Å². The third-order valence-electron chi connectivity index (χ3n) is 2.39. The predicted molar refractivity (Wildman–Crippen MR) is 77.1 cm³/mol. The molecular weight excluding hydrogens is 282 g/mol. The Morgan fingerprint density at radius 2 is 2.37 bits per heavy atom. The minimum Gasteiger partial charge on any atom is -0.338 e. The van der Waals surface area contributed by atoms with Crippen molar-refractivity contribution < 1.29 is 4.52 Å². The van der Waals surface area contributed by atoms with Gasteiger partial charge in [0.25, 0.3) is 0 Å². The highest BCUT2D eigenvalue weighted by molar-refractivity contribution is 7.98. The number of thioether (sulfide) groups is 1. The number of nitrogens with two attached hydrogens (primary N) is 1. The van der Waals surface area contributed by atoms with E-state index in [1.807, 2.05) is 24.3 Å². The molecule has 0 aliphatic heterocycles. The molecule has 100 valence electrons. The van der Waals surface area contributed by atoms with Crippen molar-refractivity contribution in [3.63, 3.8) is 0 Å². The molecule has 1 aromatic heterocycles. The van der Waals surface area contributed by atoms with Gasteiger partial charge in [0.05, 0.1) is 11.8 Å². The fraction of sp³-hybridized carbons (Fsp3) is 0.231. The van der Waals surface area contributed by atoms with Crippen LogP contribution >= 0.6 is 23.4 Å². The summed E-state index contributed by atoms with van der Waals surface area (Å²) in [6, 6.07) is 7.35. The van der Waals surface area contributed by atoms with E-state index in [2.05, 4.69) is 16.7 Å². The molecule has 0 saturated heterocycles. The molecule has 4 nitrogen and oxygen atoms in total. The second kappa shape index (κ2) is 6.75. The van der Waals surface area contributed by atoms with Gasteiger partial charge in [0.1, 0.15) is 0 Å². The fourth-order valence-electron chi connectivity index (χ4n) is 1.46. The molecule has 1 unspecified atom stereocenters. The van der Waals surface area contributed by atoms with Crippen molar-refractivity contribution in [1.29, 1.82) is 0 Å². The van der Waals surface area contributed by atoms with Crippen LogP contribution in [0.5, 0.6) is 0 Å². The smallest absolute Gasteiger partial charge is 0.243 e. The minimum atomic E-state index is -0.282. The molecule has 2 N–H and O–H groups in total. The Morgan fingerprint density at radius 1 is 1.53 bits per heavy atom. The van der Waals surface area contributed by atoms with Gasteiger partial charge < -0.3 is 10.3 Å². The van der Waals surface area contributed by atoms with Crippen LogP contribution in [0.2, 0.25) is 5.02 Å². The quantitative estimate of drug-likeness (QED) is 0.651. The zero-order valence-electron chi connectivity index (χ0n) is 10.3. The van der Waals surface area contributed by atoms with Crippen LogP contribution in [0.3, 0.4) is 0 Å². The number of halogens is 1. The zero-order chi connectivity index (χ0) is 13.7. The van der Waals surface area contributed by atoms with Crippen LogP contribution in [0.15, 0.2) is 46.3 Å². The van der Waals surface area contributed by atoms with Crippen molar-refractivity contribution in [2.45, 2.75) is 23.1 Å². The average molecular weight is 296 g/mol. The summed E-state index contributed by atoms with van der Waals surface area (Å²) in [6.45, 7) is 3.63. The van der Waals surface area contributed by atoms with Gasteiger partial charge in [-0.2, -0.15) is 4.98 Å². The Balaban J connectivity index is 1.95. The summed E-state index contributed by atoms with van der Waals surface area (Å²) in [6.07, 6.45) is 2.35. The summed E-state index contributed by atoms with van der Waals surface area (Å²) in [5.74, 6) is 1.69. The molecule has 0 amide bonds. The highest BCUT2D eigenvalue weighted by Gasteiger charge is 2.13. The molecule has 0 aliphatic carbocycles. The molecule has 2 aromatic rings. The molecule has 1 aromatic carbocycles. The highest BCUT2D eigenvalue weighted by Crippen LogP contribution is 2.24. The standard InChI is InChI=1S/C13H14ClN3OS/c1-2-4-11(15)13-16-12(17-18-13)8-19-10-6-3-5-9(14)7-10/h2-3,5-7,11H,1,4,8,15H2. The maximum atomic E-state index is 5.92. The molecule has 6 heteroatoms. The van der Waals surface area contributed by atoms with Crippen molar-refractivity contribution in [3.8, 4) is 0 Å². The first kappa shape index (κ1) is 14.1. The lowest BCUT2D eigenvalue weighted by atomic mass is 10.2. The molecule has 0 bridgehead atoms. The number of hydrogen-bond acceptors (Lipinski definition) is 5. The summed E-state index contributed by atoms with van der Waals surface area (Å²) < 4.78 is 5.12. The van der Waals surface area contributed by atoms with Crippen LogP contribution in [-0.4, -0.2) is 10.1 Å². The lowest BCUT2D eigenvalue weighted by Crippen LogP contribution is -2.09. The summed E-state index contributed by atoms with van der Waals surface area (Å²) in [5.41, 5.74) is 5.85. The first-order valence-corrected chi connectivity index (χ1v) is 7.12. The monoisotopic (exact) mass is 295 g/mol. The minimum absolute atomic E-state index is 0.282. The number of hydrogen-bond donors (Lipinski definition) is 1. The molecule has 0 saturated carbocycles. The Kier molecular flexibility index (Phi) is 5.01. The number of aromatic nitrogens is 2. The van der Waals surface area contributed by atoms with E-state index < -0.39 is 0 Å². The molecule has 1 atom stereocenters. The Bertz CT molecular complexity index is 558. The van der Waals surface area contributed by atoms with Gasteiger partial charge in [-0.15, -0.1) is 18.3 Å². The number of benzene rings is 1. The SMILES string of the molecule is C=CCC(N)c1nc(CSc2cccc(Cl)c2)no1. The van der Waals surface area contributed by atoms with E-state index in [1.165, 1.54) is 0 Å². The predicted octanol–water partition coefficient (Wildman–Crippen LogP) is 3.59. The van der Waals surface area contributed by atoms with E-state index in [9.17, 15) is 0 Å². The van der Waals surface area contributed by atoms with E-state index in [1.54, 1.807) is 17.8 Å². The number of rotatable bonds is 6. The molecule has 1 heterocycles. The topological polar surface area (TPSA) is 64.9 Å². The zero-order valence-corrected chi connectivity index (χ0v) is 11.8. The van der Waals surface area contributed by atoms with Gasteiger partial charge in [0, 0.05) is 9.92 Å². The highest BCUT2D eigenvalue weighted by atomic mass is 35.5. The molecule has 0 aliphatic rings. The maximum absolute atomic E-state index is 5.92. The van der Waals surface area contributed by atoms with Gasteiger partial charge in [-0.05, 0) is 24.6 Å². The Labute approximate surface area is 121 Å². The summed E-state index contributed by atoms with van der Waals surface area (Å²) in [7, 11) is 0. The van der Waals surface area contributed by atoms with Crippen LogP contribution in [0, 0.1) is 0 Å². The van der Waals surface area contributed by atoms with Crippen LogP contribution in [0.4, 0.5) is 0 Å². The van der Waals surface area contributed by atoms with Gasteiger partial charge >= 0.3 is 0 Å². The third kappa shape index (κ3) is 4.09. The molecule has 0 fully saturated rings. The van der Waals surface area contributed by atoms with Crippen LogP contribution in [-0.2, 0) is 5.75 Å². The van der Waals surface area contributed by atoms with Crippen molar-refractivity contribution in [2.24, 2.45) is 5.73 Å². The van der Waals surface area contributed by atoms with Crippen LogP contribution in [0.25, 0.3) is 0 Å². The third-order valence-corrected chi connectivity index (χ3v) is 3.61. The average Bonchev–Trinajstić information content (AvgIpc) is 2.86. The van der Waals surface area contributed by atoms with Gasteiger partial charge in [-0.25, -0.2) is 0 Å². The fourth-order valence-corrected chi connectivity index (χ4v) is 2.51. The summed E-state index contributed by atoms with van der Waals surface area (Å²) in [5, 5.41) is 4.62. The molecule has 0 radical (unpaired) electrons. The first-order chi connectivity index (χ1) is 9.19. The normalized spacial score (nSPS) is 12.3. The largest absolute Gasteiger partial charge is 0.338 e. The second-order valence-electron chi connectivity index (χ2n) is 3.93. The molecule has 0 spiro atoms. The summed E-state index contributed by atoms with van der Waals surface area (Å²) >= 11 is 7.51. The lowest BCUT2D eigenvalue weighted by Gasteiger charge is -2.00. The summed E-state index contributed by atoms with van der Waals surface area (Å²) in [4.78, 5) is 5.33. The molecule has 19 heavy (non-hydrogen) atoms. The maximum Gasteiger partial charge on any atom is 0.243 e. The molecule has 2 rings (SSSR count). The van der Waals surface area contributed by atoms with E-state index in [4.69, 9.17) is 21.9 Å². The Morgan fingerprint density at radius 3 is 3.11 bits per heavy atom. The Hall–Kier alpha value is -1.30. The second-order valence-corrected chi connectivity index (χ2v) is 5.41. The van der Waals surface area contributed by atoms with Gasteiger partial charge in [-0.3, -0.25) is 0 Å². The first-order valence-electron chi connectivity index (χ1n) is 5.76. The van der Waals surface area contributed by atoms with Crippen molar-refractivity contribution in [2.75, 3.05) is 0 Å². The van der Waals surface area contributed by atoms with Gasteiger partial charge in [0.15, 0.2) is 5.82 Å². The van der Waals surface area contributed by atoms with Gasteiger partial charge in [0.2, 0.25) is 5.89 Å². The molecular formula is C13H14ClN3OS. The van der Waals surface area contributed by atoms with Crippen LogP contribution < -0.4 is 5.73 Å². The van der Waals surface area contributed by atoms with E-state index in [-0.39, 0.29) is 6.04 Å². The van der Waals surface area contributed by atoms with Crippen molar-refractivity contribution >= 4 is 23.4 Å². The number of nitrogens with zero attached hydrogens (tertiary/aromatic N) is 2. The lowest BCUT2D eigenvalue weighted by molar-refractivity contribution is 0.352. The van der Waals surface area contributed by atoms with Gasteiger partial charge in [-0.1, -0.05) is 28.9 Å². The van der Waals surface area contributed by atoms with E-state index in [0.717, 1.165) is 4.90 Å². The van der Waals surface area contributed by atoms with Crippen LogP contribution in [0.1, 0.15) is 24.2 Å². The van der Waals surface area contributed by atoms with E-state index in [0.29, 0.717) is 28.9 Å². The van der Waals surface area contributed by atoms with E-state index >= 15 is 0 Å².